The highest BCUT2D eigenvalue weighted by Gasteiger charge is 2.27. The summed E-state index contributed by atoms with van der Waals surface area (Å²) in [6, 6.07) is 21.6. The third-order valence-electron chi connectivity index (χ3n) is 5.23. The molecule has 1 unspecified atom stereocenters. The van der Waals surface area contributed by atoms with Crippen molar-refractivity contribution in [2.75, 3.05) is 18.5 Å². The van der Waals surface area contributed by atoms with E-state index in [9.17, 15) is 18.7 Å². The number of pyridine rings is 1. The van der Waals surface area contributed by atoms with Crippen LogP contribution in [-0.2, 0) is 0 Å². The zero-order chi connectivity index (χ0) is 26.4. The number of carbonyl (C=O) groups is 1. The zero-order valence-electron chi connectivity index (χ0n) is 19.4. The van der Waals surface area contributed by atoms with Gasteiger partial charge < -0.3 is 25.0 Å². The maximum absolute atomic E-state index is 13.7. The average Bonchev–Trinajstić information content (AvgIpc) is 2.91. The van der Waals surface area contributed by atoms with Crippen LogP contribution >= 0.6 is 20.7 Å². The highest BCUT2D eigenvalue weighted by molar-refractivity contribution is 14.2. The highest BCUT2D eigenvalue weighted by Crippen LogP contribution is 2.33. The molecular formula is C27H23F2IN2O5. The van der Waals surface area contributed by atoms with E-state index in [-0.39, 0.29) is 12.4 Å². The van der Waals surface area contributed by atoms with Crippen molar-refractivity contribution >= 4 is 47.7 Å². The molecule has 0 aliphatic carbocycles. The Kier molecular flexibility index (Phi) is 8.41. The van der Waals surface area contributed by atoms with Crippen LogP contribution in [-0.4, -0.2) is 49.1 Å². The van der Waals surface area contributed by atoms with E-state index in [1.165, 1.54) is 12.1 Å². The molecule has 3 N–H and O–H groups in total. The monoisotopic (exact) mass is 620 g/mol. The molecule has 0 spiro atoms. The van der Waals surface area contributed by atoms with Gasteiger partial charge in [0, 0.05) is 43.4 Å². The lowest BCUT2D eigenvalue weighted by Gasteiger charge is -2.14. The number of hydrogen-bond acceptors (Lipinski definition) is 6. The van der Waals surface area contributed by atoms with Crippen molar-refractivity contribution in [2.24, 2.45) is 0 Å². The van der Waals surface area contributed by atoms with Gasteiger partial charge in [-0.15, -0.1) is 0 Å². The van der Waals surface area contributed by atoms with Crippen LogP contribution in [0.5, 0.6) is 11.5 Å². The summed E-state index contributed by atoms with van der Waals surface area (Å²) in [6.45, 7) is -0.515. The Balaban J connectivity index is 1.60. The van der Waals surface area contributed by atoms with Crippen LogP contribution in [0.25, 0.3) is 22.2 Å². The first-order valence-corrected chi connectivity index (χ1v) is 13.7. The minimum absolute atomic E-state index is 0.00684. The molecule has 1 atom stereocenters. The lowest BCUT2D eigenvalue weighted by Crippen LogP contribution is -2.21. The van der Waals surface area contributed by atoms with Crippen LogP contribution in [0, 0.1) is 0 Å². The standard InChI is InChI=1S/C27H23F2IN2O5/c1-30-27(28,29)37-22-9-2-6-18(13-22)24-12-11-17-5-3-10-23(25(17)32-24)26(35)31-19-7-4-8-21(14-19)36-16-20(34)15-33/h2-14,20,33-34H,1,15-16H2,(H,31,35). The maximum Gasteiger partial charge on any atom is 0.445 e. The number of nitrogens with zero attached hydrogens (tertiary/aromatic N) is 1. The van der Waals surface area contributed by atoms with Crippen LogP contribution in [0.2, 0.25) is 0 Å². The van der Waals surface area contributed by atoms with Gasteiger partial charge in [-0.1, -0.05) is 40.9 Å². The van der Waals surface area contributed by atoms with Crippen LogP contribution < -0.4 is 14.8 Å². The largest absolute Gasteiger partial charge is 0.491 e. The van der Waals surface area contributed by atoms with Crippen molar-refractivity contribution in [1.82, 2.24) is 4.98 Å². The van der Waals surface area contributed by atoms with E-state index in [1.807, 2.05) is 6.07 Å². The molecule has 7 nitrogen and oxygen atoms in total. The summed E-state index contributed by atoms with van der Waals surface area (Å²) in [5.74, 6) is 0.0172. The van der Waals surface area contributed by atoms with E-state index in [0.29, 0.717) is 33.8 Å². The number of para-hydroxylation sites is 1. The second-order valence-electron chi connectivity index (χ2n) is 7.91. The minimum atomic E-state index is -3.28. The molecule has 37 heavy (non-hydrogen) atoms. The number of rotatable bonds is 10. The third kappa shape index (κ3) is 6.85. The molecule has 0 saturated heterocycles. The number of nitrogens with one attached hydrogen (secondary N) is 1. The fourth-order valence-corrected chi connectivity index (χ4v) is 3.89. The van der Waals surface area contributed by atoms with E-state index in [1.54, 1.807) is 60.7 Å². The highest BCUT2D eigenvalue weighted by atomic mass is 127. The van der Waals surface area contributed by atoms with Gasteiger partial charge in [0.1, 0.15) is 24.2 Å². The summed E-state index contributed by atoms with van der Waals surface area (Å²) in [6.07, 6.45) is -1.01. The number of amides is 1. The Morgan fingerprint density at radius 1 is 1.05 bits per heavy atom. The molecule has 4 rings (SSSR count). The molecule has 4 aromatic rings. The summed E-state index contributed by atoms with van der Waals surface area (Å²) in [5.41, 5.74) is 2.28. The normalized spacial score (nSPS) is 12.2. The molecule has 192 valence electrons. The number of hydrogen-bond donors (Lipinski definition) is 3. The molecule has 1 aromatic heterocycles. The van der Waals surface area contributed by atoms with Gasteiger partial charge in [-0.05, 0) is 36.4 Å². The number of aromatic nitrogens is 1. The number of aliphatic hydroxyl groups excluding tert-OH is 2. The third-order valence-corrected chi connectivity index (χ3v) is 6.34. The topological polar surface area (TPSA) is 101 Å². The average molecular weight is 620 g/mol. The van der Waals surface area contributed by atoms with Gasteiger partial charge in [-0.3, -0.25) is 4.79 Å². The Bertz CT molecular complexity index is 1430. The summed E-state index contributed by atoms with van der Waals surface area (Å²) in [7, 11) is 0. The SMILES string of the molecule is C=IC(F)(F)Oc1cccc(-c2ccc3cccc(C(=O)Nc4cccc(OCC(O)CO)c4)c3n2)c1. The first-order valence-electron chi connectivity index (χ1n) is 11.1. The second kappa shape index (κ2) is 11.7. The van der Waals surface area contributed by atoms with Crippen molar-refractivity contribution < 1.29 is 33.3 Å². The Labute approximate surface area is 221 Å². The van der Waals surface area contributed by atoms with Crippen LogP contribution in [0.3, 0.4) is 0 Å². The molecule has 10 heteroatoms. The van der Waals surface area contributed by atoms with Gasteiger partial charge in [0.2, 0.25) is 0 Å². The molecule has 3 aromatic carbocycles. The fraction of sp³-hybridized carbons (Fsp3) is 0.148. The maximum atomic E-state index is 13.7. The van der Waals surface area contributed by atoms with Crippen molar-refractivity contribution in [3.05, 3.63) is 84.4 Å². The summed E-state index contributed by atoms with van der Waals surface area (Å²) in [5, 5.41) is 21.9. The van der Waals surface area contributed by atoms with Gasteiger partial charge in [0.05, 0.1) is 23.4 Å². The van der Waals surface area contributed by atoms with Gasteiger partial charge in [0.15, 0.2) is 0 Å². The molecule has 1 heterocycles. The Morgan fingerprint density at radius 3 is 2.59 bits per heavy atom. The lowest BCUT2D eigenvalue weighted by atomic mass is 10.1. The van der Waals surface area contributed by atoms with E-state index >= 15 is 0 Å². The smallest absolute Gasteiger partial charge is 0.445 e. The lowest BCUT2D eigenvalue weighted by molar-refractivity contribution is -0.0692. The summed E-state index contributed by atoms with van der Waals surface area (Å²) in [4.78, 5) is 17.8. The van der Waals surface area contributed by atoms with E-state index in [4.69, 9.17) is 14.6 Å². The number of fused-ring (bicyclic) bond motifs is 1. The number of carbonyl (C=O) groups excluding carboxylic acids is 1. The summed E-state index contributed by atoms with van der Waals surface area (Å²) >= 11 is -1.69. The van der Waals surface area contributed by atoms with Gasteiger partial charge in [-0.25, -0.2) is 4.98 Å². The number of aliphatic hydroxyl groups is 2. The number of ether oxygens (including phenoxy) is 2. The number of anilines is 1. The molecule has 0 radical (unpaired) electrons. The molecule has 1 amide bonds. The predicted molar refractivity (Wildman–Crippen MR) is 147 cm³/mol. The van der Waals surface area contributed by atoms with Gasteiger partial charge >= 0.3 is 4.12 Å². The molecular weight excluding hydrogens is 597 g/mol. The Morgan fingerprint density at radius 2 is 1.81 bits per heavy atom. The number of alkyl halides is 3. The Hall–Kier alpha value is -3.48. The van der Waals surface area contributed by atoms with E-state index in [0.717, 1.165) is 5.39 Å². The van der Waals surface area contributed by atoms with Crippen molar-refractivity contribution in [1.29, 1.82) is 0 Å². The van der Waals surface area contributed by atoms with Gasteiger partial charge in [0.25, 0.3) is 5.91 Å². The molecule has 0 fully saturated rings. The first-order chi connectivity index (χ1) is 17.8. The van der Waals surface area contributed by atoms with Crippen LogP contribution in [0.1, 0.15) is 10.4 Å². The van der Waals surface area contributed by atoms with Gasteiger partial charge in [-0.2, -0.15) is 8.78 Å². The zero-order valence-corrected chi connectivity index (χ0v) is 21.6. The van der Waals surface area contributed by atoms with Crippen molar-refractivity contribution in [3.63, 3.8) is 0 Å². The minimum Gasteiger partial charge on any atom is -0.491 e. The first kappa shape index (κ1) is 26.6. The van der Waals surface area contributed by atoms with Crippen LogP contribution in [0.15, 0.2) is 78.9 Å². The summed E-state index contributed by atoms with van der Waals surface area (Å²) < 4.78 is 37.7. The molecule has 0 aliphatic heterocycles. The second-order valence-corrected chi connectivity index (χ2v) is 9.93. The van der Waals surface area contributed by atoms with Crippen molar-refractivity contribution in [2.45, 2.75) is 10.2 Å². The van der Waals surface area contributed by atoms with Crippen LogP contribution in [0.4, 0.5) is 14.5 Å². The fourth-order valence-electron chi connectivity index (χ4n) is 3.48. The number of benzene rings is 3. The number of halogens is 3. The predicted octanol–water partition coefficient (Wildman–Crippen LogP) is 5.22. The van der Waals surface area contributed by atoms with Crippen molar-refractivity contribution in [3.8, 4) is 22.8 Å². The van der Waals surface area contributed by atoms with E-state index in [2.05, 4.69) is 14.8 Å². The molecule has 0 aliphatic rings. The van der Waals surface area contributed by atoms with E-state index < -0.39 is 43.5 Å². The molecule has 0 bridgehead atoms. The quantitative estimate of drug-likeness (QED) is 0.166. The molecule has 0 saturated carbocycles.